The molecule has 0 amide bonds. The molecule has 0 radical (unpaired) electrons. The van der Waals surface area contributed by atoms with Crippen molar-refractivity contribution in [3.63, 3.8) is 0 Å². The standard InChI is InChI=1S/C18H18O2/c1-13-7-10-16(11-8-13)17-6-4-3-5-15(17)12-9-14(2)18(19)20/h3-8,10-11H,2,9,12H2,1H3,(H,19,20). The van der Waals surface area contributed by atoms with E-state index in [9.17, 15) is 4.79 Å². The molecule has 0 heterocycles. The van der Waals surface area contributed by atoms with Crippen LogP contribution in [0.4, 0.5) is 0 Å². The molecule has 0 saturated heterocycles. The fourth-order valence-electron chi connectivity index (χ4n) is 2.15. The number of carboxylic acid groups (broad SMARTS) is 1. The van der Waals surface area contributed by atoms with Gasteiger partial charge in [0.05, 0.1) is 0 Å². The maximum absolute atomic E-state index is 10.8. The zero-order chi connectivity index (χ0) is 14.5. The van der Waals surface area contributed by atoms with E-state index in [0.717, 1.165) is 16.7 Å². The van der Waals surface area contributed by atoms with Gasteiger partial charge in [-0.05, 0) is 36.5 Å². The predicted octanol–water partition coefficient (Wildman–Crippen LogP) is 4.24. The van der Waals surface area contributed by atoms with Crippen molar-refractivity contribution in [1.82, 2.24) is 0 Å². The molecule has 0 fully saturated rings. The van der Waals surface area contributed by atoms with Gasteiger partial charge in [0.2, 0.25) is 0 Å². The van der Waals surface area contributed by atoms with Gasteiger partial charge >= 0.3 is 5.97 Å². The first-order valence-electron chi connectivity index (χ1n) is 6.64. The Morgan fingerprint density at radius 3 is 2.40 bits per heavy atom. The highest BCUT2D eigenvalue weighted by molar-refractivity contribution is 5.85. The molecule has 0 bridgehead atoms. The first-order chi connectivity index (χ1) is 9.58. The van der Waals surface area contributed by atoms with Crippen LogP contribution < -0.4 is 0 Å². The second kappa shape index (κ2) is 6.20. The lowest BCUT2D eigenvalue weighted by Crippen LogP contribution is -2.01. The molecule has 0 spiro atoms. The molecule has 102 valence electrons. The highest BCUT2D eigenvalue weighted by atomic mass is 16.4. The van der Waals surface area contributed by atoms with Crippen LogP contribution in [0.15, 0.2) is 60.7 Å². The van der Waals surface area contributed by atoms with Crippen molar-refractivity contribution < 1.29 is 9.90 Å². The Labute approximate surface area is 119 Å². The Hall–Kier alpha value is -2.35. The lowest BCUT2D eigenvalue weighted by molar-refractivity contribution is -0.132. The van der Waals surface area contributed by atoms with Crippen LogP contribution in [0.2, 0.25) is 0 Å². The summed E-state index contributed by atoms with van der Waals surface area (Å²) < 4.78 is 0. The van der Waals surface area contributed by atoms with E-state index in [1.54, 1.807) is 0 Å². The largest absolute Gasteiger partial charge is 0.478 e. The molecule has 2 nitrogen and oxygen atoms in total. The molecule has 20 heavy (non-hydrogen) atoms. The SMILES string of the molecule is C=C(CCc1ccccc1-c1ccc(C)cc1)C(=O)O. The zero-order valence-electron chi connectivity index (χ0n) is 11.6. The molecule has 0 aliphatic carbocycles. The van der Waals surface area contributed by atoms with Gasteiger partial charge < -0.3 is 5.11 Å². The second-order valence-electron chi connectivity index (χ2n) is 4.93. The molecular formula is C18H18O2. The number of rotatable bonds is 5. The highest BCUT2D eigenvalue weighted by Gasteiger charge is 2.08. The molecular weight excluding hydrogens is 248 g/mol. The van der Waals surface area contributed by atoms with Crippen LogP contribution >= 0.6 is 0 Å². The van der Waals surface area contributed by atoms with Crippen LogP contribution in [-0.4, -0.2) is 11.1 Å². The van der Waals surface area contributed by atoms with Crippen LogP contribution in [0.5, 0.6) is 0 Å². The number of aliphatic carboxylic acids is 1. The summed E-state index contributed by atoms with van der Waals surface area (Å²) >= 11 is 0. The molecule has 0 aliphatic heterocycles. The van der Waals surface area contributed by atoms with Crippen molar-refractivity contribution in [3.8, 4) is 11.1 Å². The summed E-state index contributed by atoms with van der Waals surface area (Å²) in [5, 5.41) is 8.88. The first kappa shape index (κ1) is 14.1. The third-order valence-electron chi connectivity index (χ3n) is 3.38. The van der Waals surface area contributed by atoms with E-state index in [4.69, 9.17) is 5.11 Å². The minimum atomic E-state index is -0.919. The summed E-state index contributed by atoms with van der Waals surface area (Å²) in [5.74, 6) is -0.919. The fraction of sp³-hybridized carbons (Fsp3) is 0.167. The number of hydrogen-bond donors (Lipinski definition) is 1. The summed E-state index contributed by atoms with van der Waals surface area (Å²) in [7, 11) is 0. The third-order valence-corrected chi connectivity index (χ3v) is 3.38. The Kier molecular flexibility index (Phi) is 4.36. The van der Waals surface area contributed by atoms with E-state index in [1.165, 1.54) is 5.56 Å². The van der Waals surface area contributed by atoms with Gasteiger partial charge in [-0.15, -0.1) is 0 Å². The van der Waals surface area contributed by atoms with Crippen molar-refractivity contribution in [3.05, 3.63) is 71.8 Å². The van der Waals surface area contributed by atoms with Gasteiger partial charge in [0.15, 0.2) is 0 Å². The Bertz CT molecular complexity index is 624. The molecule has 0 aromatic heterocycles. The van der Waals surface area contributed by atoms with E-state index in [0.29, 0.717) is 12.8 Å². The third kappa shape index (κ3) is 3.35. The van der Waals surface area contributed by atoms with E-state index >= 15 is 0 Å². The average Bonchev–Trinajstić information content (AvgIpc) is 2.46. The van der Waals surface area contributed by atoms with Gasteiger partial charge in [0.25, 0.3) is 0 Å². The monoisotopic (exact) mass is 266 g/mol. The topological polar surface area (TPSA) is 37.3 Å². The van der Waals surface area contributed by atoms with Crippen LogP contribution in [-0.2, 0) is 11.2 Å². The van der Waals surface area contributed by atoms with Gasteiger partial charge in [0, 0.05) is 5.57 Å². The quantitative estimate of drug-likeness (QED) is 0.822. The lowest BCUT2D eigenvalue weighted by atomic mass is 9.95. The van der Waals surface area contributed by atoms with E-state index in [-0.39, 0.29) is 5.57 Å². The maximum atomic E-state index is 10.8. The van der Waals surface area contributed by atoms with Crippen LogP contribution in [0.3, 0.4) is 0 Å². The molecule has 2 aromatic carbocycles. The van der Waals surface area contributed by atoms with Gasteiger partial charge in [-0.3, -0.25) is 0 Å². The smallest absolute Gasteiger partial charge is 0.330 e. The summed E-state index contributed by atoms with van der Waals surface area (Å²) in [6.07, 6.45) is 1.16. The molecule has 0 aliphatic rings. The Morgan fingerprint density at radius 2 is 1.75 bits per heavy atom. The highest BCUT2D eigenvalue weighted by Crippen LogP contribution is 2.25. The maximum Gasteiger partial charge on any atom is 0.330 e. The second-order valence-corrected chi connectivity index (χ2v) is 4.93. The molecule has 0 saturated carbocycles. The molecule has 2 rings (SSSR count). The van der Waals surface area contributed by atoms with Crippen molar-refractivity contribution in [2.24, 2.45) is 0 Å². The first-order valence-corrected chi connectivity index (χ1v) is 6.64. The summed E-state index contributed by atoms with van der Waals surface area (Å²) in [5.41, 5.74) is 4.95. The number of benzene rings is 2. The normalized spacial score (nSPS) is 10.2. The molecule has 0 atom stereocenters. The average molecular weight is 266 g/mol. The van der Waals surface area contributed by atoms with Crippen LogP contribution in [0, 0.1) is 6.92 Å². The predicted molar refractivity (Wildman–Crippen MR) is 81.7 cm³/mol. The summed E-state index contributed by atoms with van der Waals surface area (Å²) in [6, 6.07) is 16.5. The lowest BCUT2D eigenvalue weighted by Gasteiger charge is -2.10. The summed E-state index contributed by atoms with van der Waals surface area (Å²) in [6.45, 7) is 5.65. The van der Waals surface area contributed by atoms with Gasteiger partial charge in [-0.25, -0.2) is 4.79 Å². The molecule has 2 aromatic rings. The number of aryl methyl sites for hydroxylation is 2. The molecule has 2 heteroatoms. The number of carboxylic acids is 1. The minimum absolute atomic E-state index is 0.253. The van der Waals surface area contributed by atoms with Crippen molar-refractivity contribution in [2.45, 2.75) is 19.8 Å². The van der Waals surface area contributed by atoms with Gasteiger partial charge in [0.1, 0.15) is 0 Å². The fourth-order valence-corrected chi connectivity index (χ4v) is 2.15. The Balaban J connectivity index is 2.24. The number of carbonyl (C=O) groups is 1. The Morgan fingerprint density at radius 1 is 1.10 bits per heavy atom. The van der Waals surface area contributed by atoms with Crippen molar-refractivity contribution in [2.75, 3.05) is 0 Å². The molecule has 0 unspecified atom stereocenters. The van der Waals surface area contributed by atoms with Crippen molar-refractivity contribution >= 4 is 5.97 Å². The van der Waals surface area contributed by atoms with E-state index in [1.807, 2.05) is 18.2 Å². The van der Waals surface area contributed by atoms with Gasteiger partial charge in [-0.1, -0.05) is 60.7 Å². The van der Waals surface area contributed by atoms with E-state index < -0.39 is 5.97 Å². The van der Waals surface area contributed by atoms with Crippen LogP contribution in [0.25, 0.3) is 11.1 Å². The summed E-state index contributed by atoms with van der Waals surface area (Å²) in [4.78, 5) is 10.8. The minimum Gasteiger partial charge on any atom is -0.478 e. The molecule has 1 N–H and O–H groups in total. The van der Waals surface area contributed by atoms with Crippen LogP contribution in [0.1, 0.15) is 17.5 Å². The van der Waals surface area contributed by atoms with Gasteiger partial charge in [-0.2, -0.15) is 0 Å². The van der Waals surface area contributed by atoms with Crippen molar-refractivity contribution in [1.29, 1.82) is 0 Å². The van der Waals surface area contributed by atoms with E-state index in [2.05, 4.69) is 43.8 Å². The number of hydrogen-bond acceptors (Lipinski definition) is 1. The zero-order valence-corrected chi connectivity index (χ0v) is 11.6.